The van der Waals surface area contributed by atoms with Crippen LogP contribution >= 0.6 is 0 Å². The van der Waals surface area contributed by atoms with Crippen LogP contribution in [0.25, 0.3) is 10.9 Å². The van der Waals surface area contributed by atoms with Crippen LogP contribution in [0.4, 0.5) is 11.8 Å². The predicted molar refractivity (Wildman–Crippen MR) is 99.5 cm³/mol. The molecule has 0 atom stereocenters. The van der Waals surface area contributed by atoms with E-state index in [0.29, 0.717) is 5.92 Å². The van der Waals surface area contributed by atoms with Gasteiger partial charge in [-0.1, -0.05) is 18.2 Å². The van der Waals surface area contributed by atoms with Gasteiger partial charge in [0.1, 0.15) is 5.82 Å². The summed E-state index contributed by atoms with van der Waals surface area (Å²) in [5.41, 5.74) is 8.02. The summed E-state index contributed by atoms with van der Waals surface area (Å²) < 4.78 is 2.27. The molecule has 3 aromatic rings. The third-order valence-electron chi connectivity index (χ3n) is 4.86. The standard InChI is InChI=1S/C19H23N5O/c20-19-22-16(14-10-15(25)11-14)12-18(23-19)21-7-3-8-24-9-6-13-4-1-2-5-17(13)24/h1-2,4-6,9,12,14-15,25H,3,7-8,10-11H2,(H3,20,21,22,23). The highest BCUT2D eigenvalue weighted by molar-refractivity contribution is 5.79. The van der Waals surface area contributed by atoms with Gasteiger partial charge in [0, 0.05) is 36.8 Å². The van der Waals surface area contributed by atoms with Crippen LogP contribution in [0.2, 0.25) is 0 Å². The number of aliphatic hydroxyl groups excluding tert-OH is 1. The summed E-state index contributed by atoms with van der Waals surface area (Å²) in [6.45, 7) is 1.76. The minimum absolute atomic E-state index is 0.200. The van der Waals surface area contributed by atoms with Crippen LogP contribution in [-0.4, -0.2) is 32.3 Å². The Morgan fingerprint density at radius 3 is 2.88 bits per heavy atom. The van der Waals surface area contributed by atoms with E-state index in [9.17, 15) is 5.11 Å². The largest absolute Gasteiger partial charge is 0.393 e. The number of nitrogens with one attached hydrogen (secondary N) is 1. The highest BCUT2D eigenvalue weighted by atomic mass is 16.3. The van der Waals surface area contributed by atoms with Crippen molar-refractivity contribution in [3.8, 4) is 0 Å². The van der Waals surface area contributed by atoms with Crippen LogP contribution in [0, 0.1) is 0 Å². The monoisotopic (exact) mass is 337 g/mol. The number of benzene rings is 1. The zero-order valence-electron chi connectivity index (χ0n) is 14.1. The number of aryl methyl sites for hydroxylation is 1. The summed E-state index contributed by atoms with van der Waals surface area (Å²) in [6, 6.07) is 12.5. The molecule has 2 aromatic heterocycles. The van der Waals surface area contributed by atoms with Crippen molar-refractivity contribution in [2.75, 3.05) is 17.6 Å². The third-order valence-corrected chi connectivity index (χ3v) is 4.86. The van der Waals surface area contributed by atoms with Gasteiger partial charge in [0.2, 0.25) is 5.95 Å². The molecule has 0 saturated heterocycles. The fraction of sp³-hybridized carbons (Fsp3) is 0.368. The maximum absolute atomic E-state index is 9.46. The number of aliphatic hydroxyl groups is 1. The van der Waals surface area contributed by atoms with Crippen LogP contribution in [0.3, 0.4) is 0 Å². The summed E-state index contributed by atoms with van der Waals surface area (Å²) in [4.78, 5) is 8.57. The molecule has 130 valence electrons. The van der Waals surface area contributed by atoms with Gasteiger partial charge in [-0.3, -0.25) is 0 Å². The van der Waals surface area contributed by atoms with Gasteiger partial charge in [-0.15, -0.1) is 0 Å². The van der Waals surface area contributed by atoms with Crippen LogP contribution < -0.4 is 11.1 Å². The molecule has 0 aliphatic heterocycles. The van der Waals surface area contributed by atoms with Gasteiger partial charge in [0.25, 0.3) is 0 Å². The van der Waals surface area contributed by atoms with Crippen LogP contribution in [0.15, 0.2) is 42.6 Å². The molecule has 25 heavy (non-hydrogen) atoms. The van der Waals surface area contributed by atoms with Gasteiger partial charge >= 0.3 is 0 Å². The highest BCUT2D eigenvalue weighted by Crippen LogP contribution is 2.36. The maximum atomic E-state index is 9.46. The molecular formula is C19H23N5O. The maximum Gasteiger partial charge on any atom is 0.222 e. The minimum atomic E-state index is -0.200. The third kappa shape index (κ3) is 3.44. The molecule has 0 unspecified atom stereocenters. The summed E-state index contributed by atoms with van der Waals surface area (Å²) in [5.74, 6) is 1.35. The van der Waals surface area contributed by atoms with Crippen molar-refractivity contribution in [2.45, 2.75) is 37.8 Å². The molecule has 6 heteroatoms. The Hall–Kier alpha value is -2.60. The van der Waals surface area contributed by atoms with Crippen LogP contribution in [-0.2, 0) is 6.54 Å². The normalized spacial score (nSPS) is 19.7. The zero-order chi connectivity index (χ0) is 17.2. The second kappa shape index (κ2) is 6.72. The van der Waals surface area contributed by atoms with Gasteiger partial charge < -0.3 is 20.7 Å². The molecule has 4 N–H and O–H groups in total. The van der Waals surface area contributed by atoms with Crippen molar-refractivity contribution < 1.29 is 5.11 Å². The predicted octanol–water partition coefficient (Wildman–Crippen LogP) is 2.75. The van der Waals surface area contributed by atoms with Crippen molar-refractivity contribution in [3.05, 3.63) is 48.3 Å². The first-order valence-corrected chi connectivity index (χ1v) is 8.79. The molecule has 0 amide bonds. The SMILES string of the molecule is Nc1nc(NCCCn2ccc3ccccc32)cc(C2CC(O)C2)n1. The second-order valence-corrected chi connectivity index (χ2v) is 6.71. The van der Waals surface area contributed by atoms with Crippen molar-refractivity contribution in [3.63, 3.8) is 0 Å². The number of aromatic nitrogens is 3. The summed E-state index contributed by atoms with van der Waals surface area (Å²) in [6.07, 6.45) is 4.44. The first-order valence-electron chi connectivity index (χ1n) is 8.79. The van der Waals surface area contributed by atoms with E-state index in [1.165, 1.54) is 10.9 Å². The number of nitrogens with zero attached hydrogens (tertiary/aromatic N) is 3. The number of nitrogens with two attached hydrogens (primary N) is 1. The second-order valence-electron chi connectivity index (χ2n) is 6.71. The number of fused-ring (bicyclic) bond motifs is 1. The first kappa shape index (κ1) is 15.9. The Morgan fingerprint density at radius 1 is 1.20 bits per heavy atom. The Morgan fingerprint density at radius 2 is 2.04 bits per heavy atom. The molecule has 6 nitrogen and oxygen atoms in total. The van der Waals surface area contributed by atoms with Crippen molar-refractivity contribution in [1.29, 1.82) is 0 Å². The Kier molecular flexibility index (Phi) is 4.28. The molecule has 0 radical (unpaired) electrons. The quantitative estimate of drug-likeness (QED) is 0.602. The van der Waals surface area contributed by atoms with Gasteiger partial charge in [-0.05, 0) is 36.8 Å². The number of hydrogen-bond acceptors (Lipinski definition) is 5. The Balaban J connectivity index is 1.34. The van der Waals surface area contributed by atoms with E-state index in [0.717, 1.165) is 43.9 Å². The smallest absolute Gasteiger partial charge is 0.222 e. The fourth-order valence-electron chi connectivity index (χ4n) is 3.42. The minimum Gasteiger partial charge on any atom is -0.393 e. The molecular weight excluding hydrogens is 314 g/mol. The fourth-order valence-corrected chi connectivity index (χ4v) is 3.42. The van der Waals surface area contributed by atoms with Crippen molar-refractivity contribution in [2.24, 2.45) is 0 Å². The van der Waals surface area contributed by atoms with Gasteiger partial charge in [0.15, 0.2) is 0 Å². The highest BCUT2D eigenvalue weighted by Gasteiger charge is 2.30. The number of rotatable bonds is 6. The van der Waals surface area contributed by atoms with E-state index in [1.807, 2.05) is 6.07 Å². The molecule has 1 aliphatic rings. The van der Waals surface area contributed by atoms with E-state index in [-0.39, 0.29) is 12.1 Å². The zero-order valence-corrected chi connectivity index (χ0v) is 14.1. The van der Waals surface area contributed by atoms with Crippen LogP contribution in [0.5, 0.6) is 0 Å². The average molecular weight is 337 g/mol. The molecule has 1 aromatic carbocycles. The molecule has 0 bridgehead atoms. The number of hydrogen-bond donors (Lipinski definition) is 3. The van der Waals surface area contributed by atoms with Gasteiger partial charge in [0.05, 0.1) is 11.8 Å². The van der Waals surface area contributed by atoms with E-state index in [1.54, 1.807) is 0 Å². The van der Waals surface area contributed by atoms with E-state index < -0.39 is 0 Å². The van der Waals surface area contributed by atoms with E-state index in [2.05, 4.69) is 56.4 Å². The molecule has 2 heterocycles. The number of anilines is 2. The van der Waals surface area contributed by atoms with E-state index >= 15 is 0 Å². The topological polar surface area (TPSA) is 89.0 Å². The Labute approximate surface area is 146 Å². The summed E-state index contributed by atoms with van der Waals surface area (Å²) in [5, 5.41) is 14.1. The summed E-state index contributed by atoms with van der Waals surface area (Å²) >= 11 is 0. The lowest BCUT2D eigenvalue weighted by molar-refractivity contribution is 0.0732. The molecule has 1 aliphatic carbocycles. The lowest BCUT2D eigenvalue weighted by atomic mass is 9.80. The number of nitrogen functional groups attached to an aromatic ring is 1. The molecule has 1 fully saturated rings. The van der Waals surface area contributed by atoms with Gasteiger partial charge in [-0.25, -0.2) is 4.98 Å². The van der Waals surface area contributed by atoms with Crippen molar-refractivity contribution >= 4 is 22.7 Å². The van der Waals surface area contributed by atoms with Gasteiger partial charge in [-0.2, -0.15) is 4.98 Å². The lowest BCUT2D eigenvalue weighted by Crippen LogP contribution is -2.27. The molecule has 1 saturated carbocycles. The average Bonchev–Trinajstić information content (AvgIpc) is 2.99. The van der Waals surface area contributed by atoms with Crippen molar-refractivity contribution in [1.82, 2.24) is 14.5 Å². The molecule has 0 spiro atoms. The molecule has 4 rings (SSSR count). The number of para-hydroxylation sites is 1. The van der Waals surface area contributed by atoms with E-state index in [4.69, 9.17) is 5.73 Å². The first-order chi connectivity index (χ1) is 12.2. The Bertz CT molecular complexity index is 869. The summed E-state index contributed by atoms with van der Waals surface area (Å²) in [7, 11) is 0. The van der Waals surface area contributed by atoms with Crippen LogP contribution in [0.1, 0.15) is 30.9 Å². The lowest BCUT2D eigenvalue weighted by Gasteiger charge is -2.30.